The van der Waals surface area contributed by atoms with Crippen LogP contribution in [0, 0.1) is 0 Å². The van der Waals surface area contributed by atoms with Crippen molar-refractivity contribution in [1.29, 1.82) is 0 Å². The number of halogens is 1. The fourth-order valence-corrected chi connectivity index (χ4v) is 1.92. The van der Waals surface area contributed by atoms with Crippen LogP contribution in [0.3, 0.4) is 0 Å². The largest absolute Gasteiger partial charge is 0.384 e. The van der Waals surface area contributed by atoms with E-state index < -0.39 is 0 Å². The van der Waals surface area contributed by atoms with E-state index in [0.29, 0.717) is 5.82 Å². The molecule has 0 saturated carbocycles. The normalized spacial score (nSPS) is 9.89. The van der Waals surface area contributed by atoms with Crippen LogP contribution in [-0.2, 0) is 0 Å². The van der Waals surface area contributed by atoms with Crippen LogP contribution in [0.5, 0.6) is 0 Å². The van der Waals surface area contributed by atoms with Crippen LogP contribution in [0.1, 0.15) is 0 Å². The topological polar surface area (TPSA) is 43.8 Å². The summed E-state index contributed by atoms with van der Waals surface area (Å²) in [5, 5.41) is 4.54. The molecule has 0 aliphatic heterocycles. The molecule has 3 nitrogen and oxygen atoms in total. The predicted octanol–water partition coefficient (Wildman–Crippen LogP) is 3.54. The minimum atomic E-state index is 0. The molecule has 0 spiro atoms. The van der Waals surface area contributed by atoms with Crippen molar-refractivity contribution in [2.75, 3.05) is 5.73 Å². The zero-order valence-corrected chi connectivity index (χ0v) is 11.0. The average molecular weight is 272 g/mol. The quantitative estimate of drug-likeness (QED) is 0.775. The number of nitrogens with zero attached hydrogens (tertiary/aromatic N) is 2. The molecule has 0 radical (unpaired) electrons. The third kappa shape index (κ3) is 2.61. The highest BCUT2D eigenvalue weighted by molar-refractivity contribution is 5.85. The van der Waals surface area contributed by atoms with E-state index in [1.54, 1.807) is 4.68 Å². The lowest BCUT2D eigenvalue weighted by molar-refractivity contribution is 0.895. The van der Waals surface area contributed by atoms with Crippen molar-refractivity contribution >= 4 is 18.2 Å². The highest BCUT2D eigenvalue weighted by Crippen LogP contribution is 2.22. The predicted molar refractivity (Wildman–Crippen MR) is 80.7 cm³/mol. The van der Waals surface area contributed by atoms with Crippen LogP contribution in [0.4, 0.5) is 5.82 Å². The lowest BCUT2D eigenvalue weighted by Gasteiger charge is -2.02. The number of para-hydroxylation sites is 1. The molecule has 0 atom stereocenters. The van der Waals surface area contributed by atoms with E-state index in [4.69, 9.17) is 5.73 Å². The van der Waals surface area contributed by atoms with Crippen LogP contribution in [0.2, 0.25) is 0 Å². The summed E-state index contributed by atoms with van der Waals surface area (Å²) in [6.07, 6.45) is 0. The van der Waals surface area contributed by atoms with Gasteiger partial charge in [-0.1, -0.05) is 48.5 Å². The molecule has 0 fully saturated rings. The Kier molecular flexibility index (Phi) is 3.88. The molecule has 4 heteroatoms. The second-order valence-electron chi connectivity index (χ2n) is 4.07. The summed E-state index contributed by atoms with van der Waals surface area (Å²) < 4.78 is 1.75. The summed E-state index contributed by atoms with van der Waals surface area (Å²) in [4.78, 5) is 0. The number of aromatic nitrogens is 2. The maximum absolute atomic E-state index is 6.01. The van der Waals surface area contributed by atoms with Gasteiger partial charge in [-0.05, 0) is 12.1 Å². The average Bonchev–Trinajstić information content (AvgIpc) is 2.83. The molecule has 2 N–H and O–H groups in total. The zero-order valence-electron chi connectivity index (χ0n) is 10.2. The second-order valence-corrected chi connectivity index (χ2v) is 4.07. The monoisotopic (exact) mass is 271 g/mol. The molecule has 2 aromatic carbocycles. The molecule has 0 bridgehead atoms. The van der Waals surface area contributed by atoms with Gasteiger partial charge in [-0.15, -0.1) is 12.4 Å². The smallest absolute Gasteiger partial charge is 0.127 e. The Morgan fingerprint density at radius 2 is 1.42 bits per heavy atom. The number of nitrogen functional groups attached to an aromatic ring is 1. The van der Waals surface area contributed by atoms with Crippen molar-refractivity contribution in [1.82, 2.24) is 9.78 Å². The third-order valence-corrected chi connectivity index (χ3v) is 2.81. The molecule has 96 valence electrons. The van der Waals surface area contributed by atoms with Crippen LogP contribution < -0.4 is 5.73 Å². The number of benzene rings is 2. The van der Waals surface area contributed by atoms with Gasteiger partial charge in [0.1, 0.15) is 5.82 Å². The van der Waals surface area contributed by atoms with Crippen molar-refractivity contribution in [3.63, 3.8) is 0 Å². The van der Waals surface area contributed by atoms with Gasteiger partial charge in [-0.3, -0.25) is 0 Å². The summed E-state index contributed by atoms with van der Waals surface area (Å²) in [6.45, 7) is 0. The lowest BCUT2D eigenvalue weighted by atomic mass is 10.2. The van der Waals surface area contributed by atoms with Crippen molar-refractivity contribution in [3.8, 4) is 16.9 Å². The Balaban J connectivity index is 0.00000133. The van der Waals surface area contributed by atoms with Crippen molar-refractivity contribution in [2.24, 2.45) is 0 Å². The Bertz CT molecular complexity index is 648. The van der Waals surface area contributed by atoms with Gasteiger partial charge >= 0.3 is 0 Å². The van der Waals surface area contributed by atoms with Crippen LogP contribution in [0.25, 0.3) is 16.9 Å². The molecule has 0 aliphatic rings. The summed E-state index contributed by atoms with van der Waals surface area (Å²) in [5.74, 6) is 0.639. The standard InChI is InChI=1S/C15H13N3.ClH/c16-15-11-14(12-7-3-1-4-8-12)17-18(15)13-9-5-2-6-10-13;/h1-11H,16H2;1H. The first-order chi connectivity index (χ1) is 8.84. The maximum Gasteiger partial charge on any atom is 0.127 e. The van der Waals surface area contributed by atoms with Crippen LogP contribution >= 0.6 is 12.4 Å². The van der Waals surface area contributed by atoms with E-state index in [0.717, 1.165) is 16.9 Å². The molecular formula is C15H14ClN3. The van der Waals surface area contributed by atoms with E-state index in [2.05, 4.69) is 5.10 Å². The summed E-state index contributed by atoms with van der Waals surface area (Å²) in [6, 6.07) is 21.8. The second kappa shape index (κ2) is 5.59. The fourth-order valence-electron chi connectivity index (χ4n) is 1.92. The molecule has 0 saturated heterocycles. The van der Waals surface area contributed by atoms with Crippen LogP contribution in [-0.4, -0.2) is 9.78 Å². The van der Waals surface area contributed by atoms with E-state index in [-0.39, 0.29) is 12.4 Å². The Hall–Kier alpha value is -2.26. The minimum Gasteiger partial charge on any atom is -0.384 e. The fraction of sp³-hybridized carbons (Fsp3) is 0. The van der Waals surface area contributed by atoms with Gasteiger partial charge in [0.15, 0.2) is 0 Å². The molecule has 1 aromatic heterocycles. The van der Waals surface area contributed by atoms with E-state index >= 15 is 0 Å². The molecule has 0 amide bonds. The molecule has 3 rings (SSSR count). The number of nitrogens with two attached hydrogens (primary N) is 1. The SMILES string of the molecule is Cl.Nc1cc(-c2ccccc2)nn1-c1ccccc1. The maximum atomic E-state index is 6.01. The first-order valence-corrected chi connectivity index (χ1v) is 5.81. The van der Waals surface area contributed by atoms with Crippen molar-refractivity contribution < 1.29 is 0 Å². The van der Waals surface area contributed by atoms with E-state index in [1.807, 2.05) is 66.7 Å². The van der Waals surface area contributed by atoms with Gasteiger partial charge in [0, 0.05) is 11.6 Å². The molecule has 0 unspecified atom stereocenters. The summed E-state index contributed by atoms with van der Waals surface area (Å²) in [7, 11) is 0. The highest BCUT2D eigenvalue weighted by atomic mass is 35.5. The Morgan fingerprint density at radius 3 is 2.05 bits per heavy atom. The number of hydrogen-bond acceptors (Lipinski definition) is 2. The van der Waals surface area contributed by atoms with Gasteiger partial charge in [0.05, 0.1) is 11.4 Å². The number of hydrogen-bond donors (Lipinski definition) is 1. The van der Waals surface area contributed by atoms with E-state index in [1.165, 1.54) is 0 Å². The Labute approximate surface area is 118 Å². The number of anilines is 1. The van der Waals surface area contributed by atoms with Gasteiger partial charge < -0.3 is 5.73 Å². The third-order valence-electron chi connectivity index (χ3n) is 2.81. The Morgan fingerprint density at radius 1 is 0.842 bits per heavy atom. The highest BCUT2D eigenvalue weighted by Gasteiger charge is 2.07. The number of rotatable bonds is 2. The molecule has 3 aromatic rings. The van der Waals surface area contributed by atoms with E-state index in [9.17, 15) is 0 Å². The molecule has 19 heavy (non-hydrogen) atoms. The van der Waals surface area contributed by atoms with Crippen molar-refractivity contribution in [2.45, 2.75) is 0 Å². The zero-order chi connectivity index (χ0) is 12.4. The first kappa shape index (κ1) is 13.2. The molecule has 0 aliphatic carbocycles. The summed E-state index contributed by atoms with van der Waals surface area (Å²) >= 11 is 0. The lowest BCUT2D eigenvalue weighted by Crippen LogP contribution is -2.00. The van der Waals surface area contributed by atoms with Crippen LogP contribution in [0.15, 0.2) is 66.7 Å². The molecular weight excluding hydrogens is 258 g/mol. The van der Waals surface area contributed by atoms with Gasteiger partial charge in [0.25, 0.3) is 0 Å². The van der Waals surface area contributed by atoms with Gasteiger partial charge in [0.2, 0.25) is 0 Å². The van der Waals surface area contributed by atoms with Crippen molar-refractivity contribution in [3.05, 3.63) is 66.7 Å². The van der Waals surface area contributed by atoms with Gasteiger partial charge in [-0.25, -0.2) is 4.68 Å². The molecule has 1 heterocycles. The van der Waals surface area contributed by atoms with Gasteiger partial charge in [-0.2, -0.15) is 5.10 Å². The minimum absolute atomic E-state index is 0. The first-order valence-electron chi connectivity index (χ1n) is 5.81. The summed E-state index contributed by atoms with van der Waals surface area (Å²) in [5.41, 5.74) is 8.94.